The van der Waals surface area contributed by atoms with Gasteiger partial charge in [0.1, 0.15) is 6.04 Å². The molecule has 0 amide bonds. The fourth-order valence-corrected chi connectivity index (χ4v) is 1.65. The zero-order valence-corrected chi connectivity index (χ0v) is 11.6. The van der Waals surface area contributed by atoms with Gasteiger partial charge in [0, 0.05) is 6.42 Å². The van der Waals surface area contributed by atoms with Gasteiger partial charge in [-0.1, -0.05) is 12.1 Å². The molecular formula is C14H21NO4. The minimum atomic E-state index is -0.352. The zero-order chi connectivity index (χ0) is 14.1. The van der Waals surface area contributed by atoms with Crippen molar-refractivity contribution in [2.45, 2.75) is 19.4 Å². The monoisotopic (exact) mass is 267 g/mol. The average Bonchev–Trinajstić information content (AvgIpc) is 2.44. The Morgan fingerprint density at radius 3 is 2.58 bits per heavy atom. The molecule has 1 aromatic carbocycles. The number of esters is 1. The lowest BCUT2D eigenvalue weighted by Gasteiger charge is -2.15. The molecule has 106 valence electrons. The Labute approximate surface area is 113 Å². The lowest BCUT2D eigenvalue weighted by Crippen LogP contribution is -2.36. The third-order valence-electron chi connectivity index (χ3n) is 2.65. The zero-order valence-electron chi connectivity index (χ0n) is 11.6. The molecule has 0 aromatic heterocycles. The predicted octanol–water partition coefficient (Wildman–Crippen LogP) is 1.62. The van der Waals surface area contributed by atoms with Gasteiger partial charge in [-0.3, -0.25) is 4.79 Å². The average molecular weight is 267 g/mol. The molecule has 5 heteroatoms. The Balaban J connectivity index is 2.46. The predicted molar refractivity (Wildman–Crippen MR) is 72.6 cm³/mol. The van der Waals surface area contributed by atoms with E-state index in [0.29, 0.717) is 31.1 Å². The first kappa shape index (κ1) is 15.3. The molecule has 1 atom stereocenters. The van der Waals surface area contributed by atoms with Crippen LogP contribution in [0.25, 0.3) is 0 Å². The van der Waals surface area contributed by atoms with Crippen molar-refractivity contribution < 1.29 is 19.0 Å². The van der Waals surface area contributed by atoms with Crippen molar-refractivity contribution in [2.24, 2.45) is 0 Å². The van der Waals surface area contributed by atoms with Crippen molar-refractivity contribution in [3.05, 3.63) is 24.3 Å². The number of nitrogens with one attached hydrogen (secondary N) is 1. The molecule has 0 bridgehead atoms. The Morgan fingerprint density at radius 2 is 2.00 bits per heavy atom. The Hall–Kier alpha value is -1.75. The number of hydrogen-bond donors (Lipinski definition) is 1. The molecule has 0 aliphatic rings. The van der Waals surface area contributed by atoms with Crippen LogP contribution in [0.2, 0.25) is 0 Å². The Morgan fingerprint density at radius 1 is 1.32 bits per heavy atom. The van der Waals surface area contributed by atoms with Gasteiger partial charge in [0.05, 0.1) is 20.3 Å². The molecular weight excluding hydrogens is 246 g/mol. The van der Waals surface area contributed by atoms with Crippen molar-refractivity contribution >= 4 is 5.97 Å². The first-order chi connectivity index (χ1) is 9.22. The number of methoxy groups -OCH3 is 1. The number of ether oxygens (including phenoxy) is 3. The molecule has 0 fully saturated rings. The van der Waals surface area contributed by atoms with E-state index in [2.05, 4.69) is 5.32 Å². The van der Waals surface area contributed by atoms with Crippen LogP contribution in [-0.4, -0.2) is 39.4 Å². The molecule has 0 aliphatic carbocycles. The lowest BCUT2D eigenvalue weighted by atomic mass is 10.2. The minimum Gasteiger partial charge on any atom is -0.493 e. The summed E-state index contributed by atoms with van der Waals surface area (Å²) in [5.41, 5.74) is 0. The smallest absolute Gasteiger partial charge is 0.323 e. The number of para-hydroxylation sites is 2. The molecule has 0 aliphatic heterocycles. The third kappa shape index (κ3) is 4.79. The first-order valence-electron chi connectivity index (χ1n) is 6.32. The molecule has 0 saturated carbocycles. The van der Waals surface area contributed by atoms with Gasteiger partial charge in [-0.15, -0.1) is 0 Å². The first-order valence-corrected chi connectivity index (χ1v) is 6.32. The van der Waals surface area contributed by atoms with Crippen molar-refractivity contribution in [3.8, 4) is 11.5 Å². The summed E-state index contributed by atoms with van der Waals surface area (Å²) >= 11 is 0. The van der Waals surface area contributed by atoms with Crippen molar-refractivity contribution in [1.82, 2.24) is 5.32 Å². The summed E-state index contributed by atoms with van der Waals surface area (Å²) in [5, 5.41) is 2.92. The van der Waals surface area contributed by atoms with Crippen molar-refractivity contribution in [2.75, 3.05) is 27.4 Å². The molecule has 5 nitrogen and oxygen atoms in total. The maximum atomic E-state index is 11.6. The van der Waals surface area contributed by atoms with E-state index < -0.39 is 0 Å². The Bertz CT molecular complexity index is 395. The number of benzene rings is 1. The largest absolute Gasteiger partial charge is 0.493 e. The fraction of sp³-hybridized carbons (Fsp3) is 0.500. The third-order valence-corrected chi connectivity index (χ3v) is 2.65. The summed E-state index contributed by atoms with van der Waals surface area (Å²) in [4.78, 5) is 11.6. The second kappa shape index (κ2) is 8.37. The second-order valence-electron chi connectivity index (χ2n) is 3.88. The summed E-state index contributed by atoms with van der Waals surface area (Å²) in [6.45, 7) is 2.57. The van der Waals surface area contributed by atoms with Gasteiger partial charge in [0.25, 0.3) is 0 Å². The number of carbonyl (C=O) groups is 1. The number of hydrogen-bond acceptors (Lipinski definition) is 5. The molecule has 0 saturated heterocycles. The van der Waals surface area contributed by atoms with Gasteiger partial charge in [-0.25, -0.2) is 0 Å². The van der Waals surface area contributed by atoms with Crippen molar-refractivity contribution in [1.29, 1.82) is 0 Å². The van der Waals surface area contributed by atoms with Gasteiger partial charge in [0.2, 0.25) is 0 Å². The van der Waals surface area contributed by atoms with E-state index in [1.165, 1.54) is 0 Å². The standard InChI is InChI=1S/C14H21NO4/c1-4-18-14(16)11(15-2)9-10-19-13-8-6-5-7-12(13)17-3/h5-8,11,15H,4,9-10H2,1-3H3. The van der Waals surface area contributed by atoms with Crippen LogP contribution in [0.3, 0.4) is 0 Å². The number of likely N-dealkylation sites (N-methyl/N-ethyl adjacent to an activating group) is 1. The highest BCUT2D eigenvalue weighted by Crippen LogP contribution is 2.25. The van der Waals surface area contributed by atoms with E-state index in [0.717, 1.165) is 0 Å². The van der Waals surface area contributed by atoms with Crippen LogP contribution in [0.4, 0.5) is 0 Å². The maximum absolute atomic E-state index is 11.6. The summed E-state index contributed by atoms with van der Waals surface area (Å²) in [5.74, 6) is 1.09. The highest BCUT2D eigenvalue weighted by atomic mass is 16.5. The minimum absolute atomic E-state index is 0.256. The summed E-state index contributed by atoms with van der Waals surface area (Å²) in [6, 6.07) is 7.06. The van der Waals surface area contributed by atoms with Gasteiger partial charge in [0.15, 0.2) is 11.5 Å². The van der Waals surface area contributed by atoms with Crippen LogP contribution < -0.4 is 14.8 Å². The Kier molecular flexibility index (Phi) is 6.74. The van der Waals surface area contributed by atoms with Crippen LogP contribution in [0.5, 0.6) is 11.5 Å². The molecule has 1 rings (SSSR count). The van der Waals surface area contributed by atoms with E-state index in [1.54, 1.807) is 21.1 Å². The second-order valence-corrected chi connectivity index (χ2v) is 3.88. The van der Waals surface area contributed by atoms with E-state index in [9.17, 15) is 4.79 Å². The van der Waals surface area contributed by atoms with Gasteiger partial charge < -0.3 is 19.5 Å². The van der Waals surface area contributed by atoms with Gasteiger partial charge in [-0.2, -0.15) is 0 Å². The van der Waals surface area contributed by atoms with E-state index >= 15 is 0 Å². The molecule has 19 heavy (non-hydrogen) atoms. The topological polar surface area (TPSA) is 56.8 Å². The highest BCUT2D eigenvalue weighted by molar-refractivity contribution is 5.75. The van der Waals surface area contributed by atoms with Crippen LogP contribution in [0, 0.1) is 0 Å². The molecule has 0 spiro atoms. The molecule has 1 N–H and O–H groups in total. The SMILES string of the molecule is CCOC(=O)C(CCOc1ccccc1OC)NC. The van der Waals surface area contributed by atoms with E-state index in [-0.39, 0.29) is 12.0 Å². The van der Waals surface area contributed by atoms with Crippen LogP contribution in [-0.2, 0) is 9.53 Å². The number of carbonyl (C=O) groups excluding carboxylic acids is 1. The van der Waals surface area contributed by atoms with E-state index in [1.807, 2.05) is 24.3 Å². The maximum Gasteiger partial charge on any atom is 0.323 e. The lowest BCUT2D eigenvalue weighted by molar-refractivity contribution is -0.145. The summed E-state index contributed by atoms with van der Waals surface area (Å²) in [7, 11) is 3.32. The van der Waals surface area contributed by atoms with Gasteiger partial charge >= 0.3 is 5.97 Å². The van der Waals surface area contributed by atoms with Gasteiger partial charge in [-0.05, 0) is 26.1 Å². The van der Waals surface area contributed by atoms with Crippen molar-refractivity contribution in [3.63, 3.8) is 0 Å². The fourth-order valence-electron chi connectivity index (χ4n) is 1.65. The van der Waals surface area contributed by atoms with Crippen LogP contribution >= 0.6 is 0 Å². The quantitative estimate of drug-likeness (QED) is 0.725. The molecule has 1 unspecified atom stereocenters. The molecule has 1 aromatic rings. The van der Waals surface area contributed by atoms with E-state index in [4.69, 9.17) is 14.2 Å². The molecule has 0 radical (unpaired) electrons. The number of rotatable bonds is 8. The van der Waals surface area contributed by atoms with Crippen LogP contribution in [0.1, 0.15) is 13.3 Å². The normalized spacial score (nSPS) is 11.7. The summed E-state index contributed by atoms with van der Waals surface area (Å²) < 4.78 is 15.8. The van der Waals surface area contributed by atoms with Crippen LogP contribution in [0.15, 0.2) is 24.3 Å². The highest BCUT2D eigenvalue weighted by Gasteiger charge is 2.17. The summed E-state index contributed by atoms with van der Waals surface area (Å²) in [6.07, 6.45) is 0.535. The molecule has 0 heterocycles.